The van der Waals surface area contributed by atoms with E-state index in [0.717, 1.165) is 24.2 Å². The van der Waals surface area contributed by atoms with Crippen molar-refractivity contribution in [3.05, 3.63) is 33.8 Å². The molecule has 0 radical (unpaired) electrons. The zero-order chi connectivity index (χ0) is 16.1. The van der Waals surface area contributed by atoms with Crippen LogP contribution in [0.5, 0.6) is 0 Å². The summed E-state index contributed by atoms with van der Waals surface area (Å²) in [5, 5.41) is 5.77. The highest BCUT2D eigenvalue weighted by Crippen LogP contribution is 2.39. The fourth-order valence-corrected chi connectivity index (χ4v) is 4.57. The number of fused-ring (bicyclic) bond motifs is 1. The number of aromatic nitrogens is 2. The first-order valence-electron chi connectivity index (χ1n) is 6.77. The average Bonchev–Trinajstić information content (AvgIpc) is 2.74. The molecule has 22 heavy (non-hydrogen) atoms. The monoisotopic (exact) mass is 359 g/mol. The van der Waals surface area contributed by atoms with E-state index in [-0.39, 0.29) is 5.03 Å². The van der Waals surface area contributed by atoms with Crippen LogP contribution >= 0.6 is 23.2 Å². The largest absolute Gasteiger partial charge is 0.323 e. The van der Waals surface area contributed by atoms with E-state index < -0.39 is 9.84 Å². The highest BCUT2D eigenvalue weighted by molar-refractivity contribution is 7.90. The zero-order valence-electron chi connectivity index (χ0n) is 12.2. The van der Waals surface area contributed by atoms with E-state index in [0.29, 0.717) is 22.3 Å². The van der Waals surface area contributed by atoms with Gasteiger partial charge >= 0.3 is 0 Å². The summed E-state index contributed by atoms with van der Waals surface area (Å²) in [4.78, 5) is 1.95. The van der Waals surface area contributed by atoms with Crippen molar-refractivity contribution in [2.45, 2.75) is 17.9 Å². The number of anilines is 2. The molecule has 0 atom stereocenters. The van der Waals surface area contributed by atoms with Crippen LogP contribution < -0.4 is 4.90 Å². The van der Waals surface area contributed by atoms with Gasteiger partial charge in [0.05, 0.1) is 10.7 Å². The Balaban J connectivity index is 2.17. The summed E-state index contributed by atoms with van der Waals surface area (Å²) in [7, 11) is -1.69. The molecule has 0 saturated heterocycles. The van der Waals surface area contributed by atoms with Crippen LogP contribution in [0.4, 0.5) is 11.5 Å². The number of benzene rings is 1. The molecule has 0 amide bonds. The van der Waals surface area contributed by atoms with Gasteiger partial charge in [-0.25, -0.2) is 8.42 Å². The van der Waals surface area contributed by atoms with Crippen molar-refractivity contribution < 1.29 is 8.42 Å². The lowest BCUT2D eigenvalue weighted by atomic mass is 10.1. The Morgan fingerprint density at radius 2 is 2.00 bits per heavy atom. The standard InChI is InChI=1S/C14H15Cl2N3O2S/c1-18-14(22(2,20)21)10-4-3-7-19(13(10)17-18)12-6-5-9(15)8-11(12)16/h5-6,8H,3-4,7H2,1-2H3. The molecule has 3 rings (SSSR count). The third kappa shape index (κ3) is 2.59. The minimum Gasteiger partial charge on any atom is -0.323 e. The molecule has 0 N–H and O–H groups in total. The van der Waals surface area contributed by atoms with Crippen LogP contribution in [0.2, 0.25) is 10.0 Å². The van der Waals surface area contributed by atoms with Crippen LogP contribution in [0.15, 0.2) is 23.2 Å². The van der Waals surface area contributed by atoms with Crippen molar-refractivity contribution in [1.29, 1.82) is 0 Å². The number of aryl methyl sites for hydroxylation is 1. The molecule has 2 heterocycles. The van der Waals surface area contributed by atoms with Crippen LogP contribution in [0.1, 0.15) is 12.0 Å². The molecule has 8 heteroatoms. The van der Waals surface area contributed by atoms with Gasteiger partial charge in [-0.15, -0.1) is 0 Å². The smallest absolute Gasteiger partial charge is 0.192 e. The van der Waals surface area contributed by atoms with Gasteiger partial charge in [0, 0.05) is 30.4 Å². The van der Waals surface area contributed by atoms with Gasteiger partial charge in [-0.3, -0.25) is 4.68 Å². The maximum Gasteiger partial charge on any atom is 0.192 e. The second-order valence-corrected chi connectivity index (χ2v) is 8.13. The average molecular weight is 360 g/mol. The minimum atomic E-state index is -3.33. The molecule has 0 saturated carbocycles. The molecule has 1 aliphatic heterocycles. The number of hydrogen-bond acceptors (Lipinski definition) is 4. The molecule has 2 aromatic rings. The Hall–Kier alpha value is -1.24. The number of halogens is 2. The Bertz CT molecular complexity index is 846. The summed E-state index contributed by atoms with van der Waals surface area (Å²) in [6, 6.07) is 5.26. The van der Waals surface area contributed by atoms with Crippen molar-refractivity contribution >= 4 is 44.5 Å². The van der Waals surface area contributed by atoms with E-state index in [9.17, 15) is 8.42 Å². The van der Waals surface area contributed by atoms with Gasteiger partial charge in [-0.1, -0.05) is 23.2 Å². The van der Waals surface area contributed by atoms with Crippen molar-refractivity contribution in [2.75, 3.05) is 17.7 Å². The van der Waals surface area contributed by atoms with Gasteiger partial charge in [0.2, 0.25) is 0 Å². The topological polar surface area (TPSA) is 55.2 Å². The fraction of sp³-hybridized carbons (Fsp3) is 0.357. The molecule has 1 aromatic heterocycles. The fourth-order valence-electron chi connectivity index (χ4n) is 2.89. The molecule has 0 bridgehead atoms. The second kappa shape index (κ2) is 5.44. The highest BCUT2D eigenvalue weighted by Gasteiger charge is 2.30. The van der Waals surface area contributed by atoms with Crippen LogP contribution in [0.3, 0.4) is 0 Å². The molecule has 1 aromatic carbocycles. The summed E-state index contributed by atoms with van der Waals surface area (Å²) < 4.78 is 25.5. The summed E-state index contributed by atoms with van der Waals surface area (Å²) in [6.07, 6.45) is 2.73. The molecule has 118 valence electrons. The Morgan fingerprint density at radius 3 is 2.64 bits per heavy atom. The summed E-state index contributed by atoms with van der Waals surface area (Å²) in [5.74, 6) is 0.651. The first-order valence-corrected chi connectivity index (χ1v) is 9.42. The predicted molar refractivity (Wildman–Crippen MR) is 88.1 cm³/mol. The van der Waals surface area contributed by atoms with Gasteiger partial charge < -0.3 is 4.90 Å². The van der Waals surface area contributed by atoms with Gasteiger partial charge in [0.15, 0.2) is 20.7 Å². The molecule has 0 spiro atoms. The predicted octanol–water partition coefficient (Wildman–Crippen LogP) is 3.21. The molecule has 0 fully saturated rings. The molecule has 0 aliphatic carbocycles. The molecular weight excluding hydrogens is 345 g/mol. The third-order valence-electron chi connectivity index (χ3n) is 3.68. The first-order chi connectivity index (χ1) is 10.3. The lowest BCUT2D eigenvalue weighted by Gasteiger charge is -2.28. The lowest BCUT2D eigenvalue weighted by molar-refractivity contribution is 0.580. The molecule has 1 aliphatic rings. The van der Waals surface area contributed by atoms with E-state index in [2.05, 4.69) is 5.10 Å². The van der Waals surface area contributed by atoms with Crippen molar-refractivity contribution in [1.82, 2.24) is 9.78 Å². The van der Waals surface area contributed by atoms with E-state index in [1.807, 2.05) is 11.0 Å². The van der Waals surface area contributed by atoms with E-state index in [1.54, 1.807) is 19.2 Å². The highest BCUT2D eigenvalue weighted by atomic mass is 35.5. The molecule has 5 nitrogen and oxygen atoms in total. The van der Waals surface area contributed by atoms with Crippen LogP contribution in [0.25, 0.3) is 0 Å². The van der Waals surface area contributed by atoms with Crippen LogP contribution in [-0.4, -0.2) is 31.0 Å². The maximum atomic E-state index is 12.0. The van der Waals surface area contributed by atoms with E-state index >= 15 is 0 Å². The molecular formula is C14H15Cl2N3O2S. The first kappa shape index (κ1) is 15.6. The lowest BCUT2D eigenvalue weighted by Crippen LogP contribution is -2.25. The Kier molecular flexibility index (Phi) is 3.87. The third-order valence-corrected chi connectivity index (χ3v) is 5.43. The Labute approximate surface area is 139 Å². The van der Waals surface area contributed by atoms with E-state index in [1.165, 1.54) is 10.9 Å². The van der Waals surface area contributed by atoms with Gasteiger partial charge in [-0.05, 0) is 31.0 Å². The number of nitrogens with zero attached hydrogens (tertiary/aromatic N) is 3. The van der Waals surface area contributed by atoms with E-state index in [4.69, 9.17) is 23.2 Å². The zero-order valence-corrected chi connectivity index (χ0v) is 14.5. The summed E-state index contributed by atoms with van der Waals surface area (Å²) >= 11 is 12.2. The van der Waals surface area contributed by atoms with Gasteiger partial charge in [0.1, 0.15) is 0 Å². The quantitative estimate of drug-likeness (QED) is 0.825. The summed E-state index contributed by atoms with van der Waals surface area (Å²) in [5.41, 5.74) is 1.53. The molecule has 0 unspecified atom stereocenters. The van der Waals surface area contributed by atoms with Gasteiger partial charge in [-0.2, -0.15) is 5.10 Å². The normalized spacial score (nSPS) is 15.0. The number of rotatable bonds is 2. The minimum absolute atomic E-state index is 0.275. The summed E-state index contributed by atoms with van der Waals surface area (Å²) in [6.45, 7) is 0.731. The number of hydrogen-bond donors (Lipinski definition) is 0. The van der Waals surface area contributed by atoms with Crippen molar-refractivity contribution in [3.8, 4) is 0 Å². The van der Waals surface area contributed by atoms with Gasteiger partial charge in [0.25, 0.3) is 0 Å². The maximum absolute atomic E-state index is 12.0. The van der Waals surface area contributed by atoms with Crippen LogP contribution in [0, 0.1) is 0 Å². The number of sulfone groups is 1. The van der Waals surface area contributed by atoms with Crippen molar-refractivity contribution in [3.63, 3.8) is 0 Å². The second-order valence-electron chi connectivity index (χ2n) is 5.35. The van der Waals surface area contributed by atoms with Crippen molar-refractivity contribution in [2.24, 2.45) is 7.05 Å². The SMILES string of the molecule is Cn1nc2c(c1S(C)(=O)=O)CCCN2c1ccc(Cl)cc1Cl. The Morgan fingerprint density at radius 1 is 1.27 bits per heavy atom. The van der Waals surface area contributed by atoms with Crippen LogP contribution in [-0.2, 0) is 23.3 Å².